The number of halogens is 1. The van der Waals surface area contributed by atoms with E-state index in [9.17, 15) is 0 Å². The van der Waals surface area contributed by atoms with Crippen LogP contribution in [0.5, 0.6) is 0 Å². The first-order chi connectivity index (χ1) is 12.8. The first kappa shape index (κ1) is 15.4. The van der Waals surface area contributed by atoms with E-state index in [1.54, 1.807) is 0 Å². The summed E-state index contributed by atoms with van der Waals surface area (Å²) in [6, 6.07) is 32.0. The van der Waals surface area contributed by atoms with Crippen LogP contribution in [0.4, 0.5) is 0 Å². The lowest BCUT2D eigenvalue weighted by atomic mass is 9.97. The van der Waals surface area contributed by atoms with Crippen molar-refractivity contribution < 1.29 is 0 Å². The largest absolute Gasteiger partial charge is 0.353 e. The first-order valence-electron chi connectivity index (χ1n) is 8.67. The Hall–Kier alpha value is -2.84. The number of benzene rings is 4. The fourth-order valence-corrected chi connectivity index (χ4v) is 4.21. The maximum absolute atomic E-state index is 3.73. The molecule has 0 saturated carbocycles. The zero-order valence-electron chi connectivity index (χ0n) is 14.0. The zero-order valence-corrected chi connectivity index (χ0v) is 15.6. The minimum Gasteiger partial charge on any atom is -0.353 e. The second-order valence-corrected chi connectivity index (χ2v) is 7.28. The Balaban J connectivity index is 1.94. The number of H-pyrrole nitrogens is 1. The molecular formula is C24H16BrN. The molecule has 0 atom stereocenters. The maximum atomic E-state index is 3.73. The number of hydrogen-bond acceptors (Lipinski definition) is 0. The summed E-state index contributed by atoms with van der Waals surface area (Å²) in [4.78, 5) is 3.73. The van der Waals surface area contributed by atoms with Crippen molar-refractivity contribution in [1.29, 1.82) is 0 Å². The smallest absolute Gasteiger partial charge is 0.0545 e. The van der Waals surface area contributed by atoms with Crippen LogP contribution in [0.25, 0.3) is 44.1 Å². The summed E-state index contributed by atoms with van der Waals surface area (Å²) in [5, 5.41) is 3.71. The molecule has 5 aromatic rings. The van der Waals surface area contributed by atoms with Crippen molar-refractivity contribution in [2.75, 3.05) is 0 Å². The monoisotopic (exact) mass is 397 g/mol. The van der Waals surface area contributed by atoms with Gasteiger partial charge in [-0.2, -0.15) is 0 Å². The quantitative estimate of drug-likeness (QED) is 0.319. The molecule has 0 radical (unpaired) electrons. The molecule has 1 N–H and O–H groups in total. The van der Waals surface area contributed by atoms with Gasteiger partial charge in [0, 0.05) is 20.8 Å². The van der Waals surface area contributed by atoms with Gasteiger partial charge in [0.15, 0.2) is 0 Å². The van der Waals surface area contributed by atoms with Crippen LogP contribution in [0.15, 0.2) is 95.5 Å². The van der Waals surface area contributed by atoms with E-state index in [-0.39, 0.29) is 0 Å². The van der Waals surface area contributed by atoms with Crippen molar-refractivity contribution in [2.24, 2.45) is 0 Å². The molecule has 0 aliphatic carbocycles. The molecule has 2 heteroatoms. The van der Waals surface area contributed by atoms with Gasteiger partial charge in [0.25, 0.3) is 0 Å². The van der Waals surface area contributed by atoms with Crippen molar-refractivity contribution in [3.8, 4) is 22.4 Å². The molecule has 0 spiro atoms. The number of fused-ring (bicyclic) bond motifs is 3. The predicted molar refractivity (Wildman–Crippen MR) is 114 cm³/mol. The summed E-state index contributed by atoms with van der Waals surface area (Å²) in [5.41, 5.74) is 6.03. The molecule has 5 rings (SSSR count). The highest BCUT2D eigenvalue weighted by Gasteiger charge is 2.16. The molecule has 0 bridgehead atoms. The van der Waals surface area contributed by atoms with Crippen molar-refractivity contribution >= 4 is 37.6 Å². The van der Waals surface area contributed by atoms with Crippen LogP contribution in [-0.2, 0) is 0 Å². The molecule has 1 heterocycles. The van der Waals surface area contributed by atoms with E-state index in [0.29, 0.717) is 0 Å². The highest BCUT2D eigenvalue weighted by molar-refractivity contribution is 9.10. The van der Waals surface area contributed by atoms with E-state index in [1.807, 2.05) is 0 Å². The number of hydrogen-bond donors (Lipinski definition) is 1. The third-order valence-corrected chi connectivity index (χ3v) is 5.59. The Bertz CT molecular complexity index is 1220. The molecule has 0 saturated heterocycles. The van der Waals surface area contributed by atoms with Crippen molar-refractivity contribution in [3.05, 3.63) is 95.5 Å². The topological polar surface area (TPSA) is 15.8 Å². The van der Waals surface area contributed by atoms with Crippen molar-refractivity contribution in [2.45, 2.75) is 0 Å². The lowest BCUT2D eigenvalue weighted by Crippen LogP contribution is -1.82. The summed E-state index contributed by atoms with van der Waals surface area (Å²) in [6.45, 7) is 0. The molecule has 0 fully saturated rings. The van der Waals surface area contributed by atoms with Gasteiger partial charge in [0.1, 0.15) is 0 Å². The molecule has 0 aliphatic heterocycles. The van der Waals surface area contributed by atoms with E-state index in [1.165, 1.54) is 44.1 Å². The fraction of sp³-hybridized carbons (Fsp3) is 0. The van der Waals surface area contributed by atoms with Crippen molar-refractivity contribution in [3.63, 3.8) is 0 Å². The van der Waals surface area contributed by atoms with E-state index in [0.717, 1.165) is 4.47 Å². The molecule has 1 nitrogen and oxygen atoms in total. The Morgan fingerprint density at radius 2 is 1.19 bits per heavy atom. The number of nitrogens with one attached hydrogen (secondary N) is 1. The zero-order chi connectivity index (χ0) is 17.5. The van der Waals surface area contributed by atoms with Crippen LogP contribution < -0.4 is 0 Å². The fourth-order valence-electron chi connectivity index (χ4n) is 3.71. The Kier molecular flexibility index (Phi) is 3.65. The molecule has 124 valence electrons. The van der Waals surface area contributed by atoms with Gasteiger partial charge in [-0.15, -0.1) is 0 Å². The van der Waals surface area contributed by atoms with Crippen LogP contribution in [0.2, 0.25) is 0 Å². The van der Waals surface area contributed by atoms with E-state index in [4.69, 9.17) is 0 Å². The Morgan fingerprint density at radius 3 is 1.92 bits per heavy atom. The predicted octanol–water partition coefficient (Wildman–Crippen LogP) is 7.42. The average Bonchev–Trinajstić information content (AvgIpc) is 3.10. The SMILES string of the molecule is Brc1cccc2c1ccc1c(-c3ccccc3)c(-c3ccccc3)[nH]c12. The van der Waals surface area contributed by atoms with Crippen LogP contribution in [0.1, 0.15) is 0 Å². The lowest BCUT2D eigenvalue weighted by molar-refractivity contribution is 1.46. The van der Waals surface area contributed by atoms with E-state index in [2.05, 4.69) is 112 Å². The third kappa shape index (κ3) is 2.38. The van der Waals surface area contributed by atoms with Crippen LogP contribution in [-0.4, -0.2) is 4.98 Å². The molecular weight excluding hydrogens is 382 g/mol. The summed E-state index contributed by atoms with van der Waals surface area (Å²) >= 11 is 3.68. The van der Waals surface area contributed by atoms with Crippen molar-refractivity contribution in [1.82, 2.24) is 4.98 Å². The average molecular weight is 398 g/mol. The number of rotatable bonds is 2. The van der Waals surface area contributed by atoms with Gasteiger partial charge in [-0.3, -0.25) is 0 Å². The van der Waals surface area contributed by atoms with Gasteiger partial charge in [-0.05, 0) is 22.6 Å². The Labute approximate surface area is 160 Å². The number of aromatic nitrogens is 1. The summed E-state index contributed by atoms with van der Waals surface area (Å²) in [6.07, 6.45) is 0. The van der Waals surface area contributed by atoms with Gasteiger partial charge in [-0.25, -0.2) is 0 Å². The summed E-state index contributed by atoms with van der Waals surface area (Å²) in [5.74, 6) is 0. The highest BCUT2D eigenvalue weighted by Crippen LogP contribution is 2.41. The normalized spacial score (nSPS) is 11.3. The molecule has 26 heavy (non-hydrogen) atoms. The van der Waals surface area contributed by atoms with E-state index < -0.39 is 0 Å². The lowest BCUT2D eigenvalue weighted by Gasteiger charge is -2.06. The minimum atomic E-state index is 1.12. The standard InChI is InChI=1S/C24H16BrN/c25-21-13-7-12-19-18(21)14-15-20-22(16-8-3-1-4-9-16)23(26-24(19)20)17-10-5-2-6-11-17/h1-15,26H. The second-order valence-electron chi connectivity index (χ2n) is 6.43. The van der Waals surface area contributed by atoms with Crippen LogP contribution in [0, 0.1) is 0 Å². The second kappa shape index (κ2) is 6.15. The minimum absolute atomic E-state index is 1.12. The van der Waals surface area contributed by atoms with Crippen LogP contribution in [0.3, 0.4) is 0 Å². The third-order valence-electron chi connectivity index (χ3n) is 4.90. The van der Waals surface area contributed by atoms with Crippen LogP contribution >= 0.6 is 15.9 Å². The molecule has 0 unspecified atom stereocenters. The highest BCUT2D eigenvalue weighted by atomic mass is 79.9. The van der Waals surface area contributed by atoms with Gasteiger partial charge in [-0.1, -0.05) is 101 Å². The summed E-state index contributed by atoms with van der Waals surface area (Å²) in [7, 11) is 0. The first-order valence-corrected chi connectivity index (χ1v) is 9.46. The molecule has 0 amide bonds. The van der Waals surface area contributed by atoms with Gasteiger partial charge in [0.2, 0.25) is 0 Å². The Morgan fingerprint density at radius 1 is 0.538 bits per heavy atom. The number of aromatic amines is 1. The molecule has 1 aromatic heterocycles. The van der Waals surface area contributed by atoms with E-state index >= 15 is 0 Å². The van der Waals surface area contributed by atoms with Gasteiger partial charge >= 0.3 is 0 Å². The van der Waals surface area contributed by atoms with Gasteiger partial charge < -0.3 is 4.98 Å². The molecule has 0 aliphatic rings. The summed E-state index contributed by atoms with van der Waals surface area (Å²) < 4.78 is 1.12. The molecule has 4 aromatic carbocycles. The van der Waals surface area contributed by atoms with Gasteiger partial charge in [0.05, 0.1) is 11.2 Å². The maximum Gasteiger partial charge on any atom is 0.0545 e.